The summed E-state index contributed by atoms with van der Waals surface area (Å²) in [6.45, 7) is 6.95. The molecule has 1 aliphatic heterocycles. The molecule has 0 radical (unpaired) electrons. The van der Waals surface area contributed by atoms with Crippen LogP contribution in [0.5, 0.6) is 17.2 Å². The number of amides is 1. The number of unbranched alkanes of at least 4 members (excludes halogenated alkanes) is 2. The summed E-state index contributed by atoms with van der Waals surface area (Å²) in [5.74, 6) is 1.18. The number of fused-ring (bicyclic) bond motifs is 1. The lowest BCUT2D eigenvalue weighted by Gasteiger charge is -2.27. The minimum Gasteiger partial charge on any atom is -0.507 e. The molecule has 3 N–H and O–H groups in total. The zero-order valence-corrected chi connectivity index (χ0v) is 21.4. The lowest BCUT2D eigenvalue weighted by molar-refractivity contribution is 0.0732. The number of carbonyl (C=O) groups excluding carboxylic acids is 1. The highest BCUT2D eigenvalue weighted by Crippen LogP contribution is 2.46. The second-order valence-electron chi connectivity index (χ2n) is 9.28. The Balaban J connectivity index is 1.80. The van der Waals surface area contributed by atoms with E-state index in [0.717, 1.165) is 36.0 Å². The van der Waals surface area contributed by atoms with E-state index in [0.29, 0.717) is 53.6 Å². The smallest absolute Gasteiger partial charge is 0.273 e. The number of carbonyl (C=O) groups is 1. The topological polar surface area (TPSA) is 108 Å². The fourth-order valence-corrected chi connectivity index (χ4v) is 4.97. The van der Waals surface area contributed by atoms with Crippen LogP contribution in [0.25, 0.3) is 11.3 Å². The van der Waals surface area contributed by atoms with Gasteiger partial charge in [0.05, 0.1) is 19.8 Å². The monoisotopic (exact) mass is 493 g/mol. The van der Waals surface area contributed by atoms with Gasteiger partial charge in [0.15, 0.2) is 11.5 Å². The summed E-state index contributed by atoms with van der Waals surface area (Å²) < 4.78 is 11.6. The summed E-state index contributed by atoms with van der Waals surface area (Å²) in [5.41, 5.74) is 4.90. The minimum atomic E-state index is -0.462. The van der Waals surface area contributed by atoms with Crippen LogP contribution >= 0.6 is 0 Å². The van der Waals surface area contributed by atoms with E-state index in [1.54, 1.807) is 18.1 Å². The molecular weight excluding hydrogens is 458 g/mol. The number of aliphatic hydroxyl groups is 1. The summed E-state index contributed by atoms with van der Waals surface area (Å²) in [6.07, 6.45) is 3.63. The van der Waals surface area contributed by atoms with Gasteiger partial charge in [-0.2, -0.15) is 5.10 Å². The lowest BCUT2D eigenvalue weighted by atomic mass is 9.93. The number of aryl methyl sites for hydroxylation is 2. The van der Waals surface area contributed by atoms with E-state index in [-0.39, 0.29) is 18.3 Å². The number of nitrogens with one attached hydrogen (secondary N) is 1. The van der Waals surface area contributed by atoms with Gasteiger partial charge < -0.3 is 24.6 Å². The third kappa shape index (κ3) is 4.78. The number of aromatic hydroxyl groups is 1. The van der Waals surface area contributed by atoms with Crippen LogP contribution in [-0.4, -0.2) is 58.1 Å². The second kappa shape index (κ2) is 11.0. The maximum atomic E-state index is 13.4. The zero-order valence-electron chi connectivity index (χ0n) is 21.4. The van der Waals surface area contributed by atoms with Crippen molar-refractivity contribution in [2.24, 2.45) is 0 Å². The Labute approximate surface area is 211 Å². The van der Waals surface area contributed by atoms with Crippen molar-refractivity contribution in [1.82, 2.24) is 15.1 Å². The van der Waals surface area contributed by atoms with Gasteiger partial charge in [-0.05, 0) is 61.6 Å². The van der Waals surface area contributed by atoms with Crippen molar-refractivity contribution in [3.8, 4) is 28.5 Å². The van der Waals surface area contributed by atoms with Gasteiger partial charge in [0.2, 0.25) is 0 Å². The fourth-order valence-electron chi connectivity index (χ4n) is 4.97. The van der Waals surface area contributed by atoms with Crippen LogP contribution in [-0.2, 0) is 0 Å². The molecule has 3 aromatic rings. The average Bonchev–Trinajstić information content (AvgIpc) is 3.38. The number of aliphatic hydroxyl groups excluding tert-OH is 1. The number of aromatic nitrogens is 2. The largest absolute Gasteiger partial charge is 0.507 e. The van der Waals surface area contributed by atoms with Crippen LogP contribution in [0.4, 0.5) is 0 Å². The molecule has 0 spiro atoms. The van der Waals surface area contributed by atoms with E-state index in [1.165, 1.54) is 0 Å². The van der Waals surface area contributed by atoms with Crippen molar-refractivity contribution in [1.29, 1.82) is 0 Å². The van der Waals surface area contributed by atoms with E-state index in [9.17, 15) is 15.0 Å². The molecule has 0 fully saturated rings. The van der Waals surface area contributed by atoms with Crippen LogP contribution in [0, 0.1) is 13.8 Å². The standard InChI is InChI=1S/C28H35N3O5/c1-5-6-7-13-36-21-10-9-19(16-22(21)35-4)27-24-25(23-18(3)14-17(2)15-20(23)33)29-30-26(24)28(34)31(27)11-8-12-32/h9-10,14-16,27,32-33H,5-8,11-13H2,1-4H3,(H,29,30). The highest BCUT2D eigenvalue weighted by molar-refractivity contribution is 6.00. The van der Waals surface area contributed by atoms with Crippen molar-refractivity contribution in [3.63, 3.8) is 0 Å². The highest BCUT2D eigenvalue weighted by atomic mass is 16.5. The lowest BCUT2D eigenvalue weighted by Crippen LogP contribution is -2.31. The summed E-state index contributed by atoms with van der Waals surface area (Å²) in [6, 6.07) is 8.94. The molecular formula is C28H35N3O5. The van der Waals surface area contributed by atoms with E-state index in [2.05, 4.69) is 17.1 Å². The number of ether oxygens (including phenoxy) is 2. The van der Waals surface area contributed by atoms with E-state index in [4.69, 9.17) is 9.47 Å². The molecule has 1 aromatic heterocycles. The third-order valence-corrected chi connectivity index (χ3v) is 6.63. The van der Waals surface area contributed by atoms with Crippen LogP contribution in [0.3, 0.4) is 0 Å². The SMILES string of the molecule is CCCCCOc1ccc(C2c3c(-c4c(C)cc(C)cc4O)n[nH]c3C(=O)N2CCCO)cc1OC. The highest BCUT2D eigenvalue weighted by Gasteiger charge is 2.42. The van der Waals surface area contributed by atoms with Crippen LogP contribution in [0.15, 0.2) is 30.3 Å². The molecule has 1 unspecified atom stereocenters. The number of methoxy groups -OCH3 is 1. The second-order valence-corrected chi connectivity index (χ2v) is 9.28. The van der Waals surface area contributed by atoms with Crippen LogP contribution in [0.1, 0.15) is 71.4 Å². The summed E-state index contributed by atoms with van der Waals surface area (Å²) >= 11 is 0. The quantitative estimate of drug-likeness (QED) is 0.328. The molecule has 8 heteroatoms. The van der Waals surface area contributed by atoms with Gasteiger partial charge in [-0.15, -0.1) is 0 Å². The molecule has 0 saturated carbocycles. The van der Waals surface area contributed by atoms with E-state index < -0.39 is 6.04 Å². The number of rotatable bonds is 11. The first-order valence-electron chi connectivity index (χ1n) is 12.5. The van der Waals surface area contributed by atoms with Gasteiger partial charge in [-0.25, -0.2) is 0 Å². The molecule has 0 aliphatic carbocycles. The van der Waals surface area contributed by atoms with Gasteiger partial charge >= 0.3 is 0 Å². The average molecular weight is 494 g/mol. The van der Waals surface area contributed by atoms with Crippen LogP contribution < -0.4 is 9.47 Å². The normalized spacial score (nSPS) is 14.9. The molecule has 0 saturated heterocycles. The maximum absolute atomic E-state index is 13.4. The van der Waals surface area contributed by atoms with Crippen molar-refractivity contribution in [2.45, 2.75) is 52.5 Å². The first kappa shape index (κ1) is 25.6. The third-order valence-electron chi connectivity index (χ3n) is 6.63. The molecule has 1 amide bonds. The molecule has 4 rings (SSSR count). The Bertz CT molecular complexity index is 1210. The predicted octanol–water partition coefficient (Wildman–Crippen LogP) is 4.90. The molecule has 36 heavy (non-hydrogen) atoms. The van der Waals surface area contributed by atoms with Gasteiger partial charge in [-0.1, -0.05) is 31.9 Å². The number of H-pyrrole nitrogens is 1. The molecule has 0 bridgehead atoms. The van der Waals surface area contributed by atoms with E-state index >= 15 is 0 Å². The Morgan fingerprint density at radius 3 is 2.61 bits per heavy atom. The summed E-state index contributed by atoms with van der Waals surface area (Å²) in [7, 11) is 1.60. The Morgan fingerprint density at radius 2 is 1.92 bits per heavy atom. The molecule has 1 aliphatic rings. The maximum Gasteiger partial charge on any atom is 0.273 e. The Hall–Kier alpha value is -3.52. The number of phenolic OH excluding ortho intramolecular Hbond substituents is 1. The zero-order chi connectivity index (χ0) is 25.8. The Kier molecular flexibility index (Phi) is 7.84. The first-order valence-corrected chi connectivity index (χ1v) is 12.5. The minimum absolute atomic E-state index is 0.0265. The summed E-state index contributed by atoms with van der Waals surface area (Å²) in [5, 5.41) is 27.7. The molecule has 1 atom stereocenters. The van der Waals surface area contributed by atoms with Crippen molar-refractivity contribution >= 4 is 5.91 Å². The van der Waals surface area contributed by atoms with Gasteiger partial charge in [0, 0.05) is 24.3 Å². The molecule has 2 heterocycles. The number of hydrogen-bond acceptors (Lipinski definition) is 6. The first-order chi connectivity index (χ1) is 17.4. The molecule has 2 aromatic carbocycles. The van der Waals surface area contributed by atoms with Crippen molar-refractivity contribution in [3.05, 3.63) is 58.3 Å². The number of nitrogens with zero attached hydrogens (tertiary/aromatic N) is 2. The Morgan fingerprint density at radius 1 is 1.11 bits per heavy atom. The number of aromatic amines is 1. The number of benzene rings is 2. The van der Waals surface area contributed by atoms with Gasteiger partial charge in [0.1, 0.15) is 17.1 Å². The fraction of sp³-hybridized carbons (Fsp3) is 0.429. The van der Waals surface area contributed by atoms with Crippen LogP contribution in [0.2, 0.25) is 0 Å². The van der Waals surface area contributed by atoms with Crippen molar-refractivity contribution in [2.75, 3.05) is 26.9 Å². The predicted molar refractivity (Wildman–Crippen MR) is 138 cm³/mol. The van der Waals surface area contributed by atoms with Crippen molar-refractivity contribution < 1.29 is 24.5 Å². The molecule has 8 nitrogen and oxygen atoms in total. The summed E-state index contributed by atoms with van der Waals surface area (Å²) in [4.78, 5) is 15.2. The van der Waals surface area contributed by atoms with E-state index in [1.807, 2.05) is 38.1 Å². The molecule has 192 valence electrons. The number of phenols is 1. The number of hydrogen-bond donors (Lipinski definition) is 3. The van der Waals surface area contributed by atoms with Gasteiger partial charge in [0.25, 0.3) is 5.91 Å². The van der Waals surface area contributed by atoms with Gasteiger partial charge in [-0.3, -0.25) is 9.89 Å².